The summed E-state index contributed by atoms with van der Waals surface area (Å²) in [6.45, 7) is 0.634. The smallest absolute Gasteiger partial charge is 0.248 e. The van der Waals surface area contributed by atoms with Crippen molar-refractivity contribution in [1.29, 1.82) is 0 Å². The van der Waals surface area contributed by atoms with Crippen molar-refractivity contribution in [2.24, 2.45) is 11.7 Å². The summed E-state index contributed by atoms with van der Waals surface area (Å²) in [5.74, 6) is 0.883. The van der Waals surface area contributed by atoms with Crippen molar-refractivity contribution in [3.63, 3.8) is 0 Å². The third-order valence-electron chi connectivity index (χ3n) is 3.36. The molecule has 5 heteroatoms. The Morgan fingerprint density at radius 1 is 1.47 bits per heavy atom. The van der Waals surface area contributed by atoms with Crippen molar-refractivity contribution in [3.05, 3.63) is 23.8 Å². The van der Waals surface area contributed by atoms with E-state index in [1.54, 1.807) is 32.4 Å². The molecule has 1 aliphatic carbocycles. The third-order valence-corrected chi connectivity index (χ3v) is 3.36. The van der Waals surface area contributed by atoms with E-state index in [1.807, 2.05) is 0 Å². The second kappa shape index (κ2) is 5.93. The van der Waals surface area contributed by atoms with Crippen molar-refractivity contribution in [2.45, 2.75) is 18.9 Å². The maximum atomic E-state index is 11.2. The van der Waals surface area contributed by atoms with Crippen LogP contribution in [0.25, 0.3) is 0 Å². The van der Waals surface area contributed by atoms with Gasteiger partial charge in [-0.1, -0.05) is 0 Å². The number of nitrogens with two attached hydrogens (primary N) is 1. The number of amides is 1. The van der Waals surface area contributed by atoms with E-state index in [9.17, 15) is 4.79 Å². The number of hydrogen-bond acceptors (Lipinski definition) is 4. The largest absolute Gasteiger partial charge is 0.495 e. The van der Waals surface area contributed by atoms with E-state index in [0.717, 1.165) is 5.69 Å². The zero-order valence-corrected chi connectivity index (χ0v) is 11.3. The molecule has 0 heterocycles. The van der Waals surface area contributed by atoms with E-state index >= 15 is 0 Å². The molecule has 1 amide bonds. The molecule has 0 bridgehead atoms. The summed E-state index contributed by atoms with van der Waals surface area (Å²) in [5.41, 5.74) is 6.56. The number of nitrogens with one attached hydrogen (secondary N) is 1. The SMILES string of the molecule is COCC(Nc1cc(C(N)=O)ccc1OC)C1CC1. The fourth-order valence-corrected chi connectivity index (χ4v) is 2.15. The molecule has 1 aromatic carbocycles. The van der Waals surface area contributed by atoms with Gasteiger partial charge in [0, 0.05) is 12.7 Å². The van der Waals surface area contributed by atoms with E-state index in [2.05, 4.69) is 5.32 Å². The zero-order chi connectivity index (χ0) is 13.8. The molecule has 1 atom stereocenters. The predicted molar refractivity (Wildman–Crippen MR) is 73.5 cm³/mol. The van der Waals surface area contributed by atoms with E-state index in [4.69, 9.17) is 15.2 Å². The molecule has 0 aromatic heterocycles. The maximum absolute atomic E-state index is 11.2. The normalized spacial score (nSPS) is 15.9. The van der Waals surface area contributed by atoms with Crippen LogP contribution in [0.4, 0.5) is 5.69 Å². The van der Waals surface area contributed by atoms with Crippen molar-refractivity contribution < 1.29 is 14.3 Å². The van der Waals surface area contributed by atoms with Gasteiger partial charge in [0.25, 0.3) is 0 Å². The first-order chi connectivity index (χ1) is 9.15. The van der Waals surface area contributed by atoms with Gasteiger partial charge in [0.1, 0.15) is 5.75 Å². The molecule has 0 saturated heterocycles. The number of ether oxygens (including phenoxy) is 2. The van der Waals surface area contributed by atoms with Crippen molar-refractivity contribution in [2.75, 3.05) is 26.1 Å². The lowest BCUT2D eigenvalue weighted by atomic mass is 10.1. The van der Waals surface area contributed by atoms with Crippen molar-refractivity contribution >= 4 is 11.6 Å². The molecular weight excluding hydrogens is 244 g/mol. The molecule has 1 unspecified atom stereocenters. The van der Waals surface area contributed by atoms with E-state index in [1.165, 1.54) is 12.8 Å². The highest BCUT2D eigenvalue weighted by molar-refractivity contribution is 5.94. The topological polar surface area (TPSA) is 73.6 Å². The Bertz CT molecular complexity index is 458. The number of methoxy groups -OCH3 is 2. The van der Waals surface area contributed by atoms with Crippen LogP contribution in [-0.4, -0.2) is 32.8 Å². The number of anilines is 1. The Morgan fingerprint density at radius 3 is 2.74 bits per heavy atom. The van der Waals surface area contributed by atoms with Crippen LogP contribution in [0.2, 0.25) is 0 Å². The Morgan fingerprint density at radius 2 is 2.21 bits per heavy atom. The minimum absolute atomic E-state index is 0.238. The van der Waals surface area contributed by atoms with Crippen LogP contribution < -0.4 is 15.8 Å². The van der Waals surface area contributed by atoms with Gasteiger partial charge in [0.2, 0.25) is 5.91 Å². The number of rotatable bonds is 7. The van der Waals surface area contributed by atoms with E-state index < -0.39 is 5.91 Å². The molecule has 5 nitrogen and oxygen atoms in total. The molecule has 3 N–H and O–H groups in total. The quantitative estimate of drug-likeness (QED) is 0.785. The standard InChI is InChI=1S/C14H20N2O3/c1-18-8-12(9-3-4-9)16-11-7-10(14(15)17)5-6-13(11)19-2/h5-7,9,12,16H,3-4,8H2,1-2H3,(H2,15,17). The van der Waals surface area contributed by atoms with Crippen LogP contribution in [0.3, 0.4) is 0 Å². The molecule has 104 valence electrons. The van der Waals surface area contributed by atoms with E-state index in [0.29, 0.717) is 23.8 Å². The molecule has 1 fully saturated rings. The summed E-state index contributed by atoms with van der Waals surface area (Å²) in [6.07, 6.45) is 2.41. The van der Waals surface area contributed by atoms with Crippen molar-refractivity contribution in [3.8, 4) is 5.75 Å². The van der Waals surface area contributed by atoms with Crippen LogP contribution in [0.1, 0.15) is 23.2 Å². The van der Waals surface area contributed by atoms with Gasteiger partial charge >= 0.3 is 0 Å². The third kappa shape index (κ3) is 3.38. The molecule has 0 spiro atoms. The molecule has 0 aliphatic heterocycles. The van der Waals surface area contributed by atoms with Gasteiger partial charge in [0.05, 0.1) is 25.4 Å². The molecule has 0 radical (unpaired) electrons. The minimum Gasteiger partial charge on any atom is -0.495 e. The summed E-state index contributed by atoms with van der Waals surface area (Å²) in [5, 5.41) is 3.40. The number of carbonyl (C=O) groups excluding carboxylic acids is 1. The number of hydrogen-bond donors (Lipinski definition) is 2. The number of carbonyl (C=O) groups is 1. The lowest BCUT2D eigenvalue weighted by Gasteiger charge is -2.20. The fraction of sp³-hybridized carbons (Fsp3) is 0.500. The minimum atomic E-state index is -0.444. The first kappa shape index (κ1) is 13.7. The van der Waals surface area contributed by atoms with Gasteiger partial charge in [0.15, 0.2) is 0 Å². The average Bonchev–Trinajstić information content (AvgIpc) is 3.22. The summed E-state index contributed by atoms with van der Waals surface area (Å²) in [7, 11) is 3.29. The molecule has 1 aromatic rings. The van der Waals surface area contributed by atoms with Crippen molar-refractivity contribution in [1.82, 2.24) is 0 Å². The van der Waals surface area contributed by atoms with Crippen LogP contribution in [0.5, 0.6) is 5.75 Å². The summed E-state index contributed by atoms with van der Waals surface area (Å²) < 4.78 is 10.5. The van der Waals surface area contributed by atoms with Gasteiger partial charge in [-0.3, -0.25) is 4.79 Å². The Labute approximate surface area is 113 Å². The van der Waals surface area contributed by atoms with Crippen LogP contribution in [0, 0.1) is 5.92 Å². The molecular formula is C14H20N2O3. The highest BCUT2D eigenvalue weighted by Gasteiger charge is 2.31. The number of benzene rings is 1. The maximum Gasteiger partial charge on any atom is 0.248 e. The predicted octanol–water partition coefficient (Wildman–Crippen LogP) is 1.63. The fourth-order valence-electron chi connectivity index (χ4n) is 2.15. The zero-order valence-electron chi connectivity index (χ0n) is 11.3. The van der Waals surface area contributed by atoms with Gasteiger partial charge in [-0.2, -0.15) is 0 Å². The monoisotopic (exact) mass is 264 g/mol. The highest BCUT2D eigenvalue weighted by Crippen LogP contribution is 2.36. The summed E-state index contributed by atoms with van der Waals surface area (Å²) in [6, 6.07) is 5.38. The second-order valence-corrected chi connectivity index (χ2v) is 4.82. The average molecular weight is 264 g/mol. The molecule has 1 aliphatic rings. The lowest BCUT2D eigenvalue weighted by molar-refractivity contribution is 0.100. The first-order valence-corrected chi connectivity index (χ1v) is 6.39. The lowest BCUT2D eigenvalue weighted by Crippen LogP contribution is -2.27. The molecule has 19 heavy (non-hydrogen) atoms. The summed E-state index contributed by atoms with van der Waals surface area (Å²) >= 11 is 0. The van der Waals surface area contributed by atoms with Crippen LogP contribution >= 0.6 is 0 Å². The van der Waals surface area contributed by atoms with Gasteiger partial charge in [-0.05, 0) is 37.0 Å². The van der Waals surface area contributed by atoms with Gasteiger partial charge in [-0.15, -0.1) is 0 Å². The Kier molecular flexibility index (Phi) is 4.27. The second-order valence-electron chi connectivity index (χ2n) is 4.82. The number of primary amides is 1. The van der Waals surface area contributed by atoms with Gasteiger partial charge in [-0.25, -0.2) is 0 Å². The Hall–Kier alpha value is -1.75. The Balaban J connectivity index is 2.20. The summed E-state index contributed by atoms with van der Waals surface area (Å²) in [4.78, 5) is 11.2. The molecule has 2 rings (SSSR count). The van der Waals surface area contributed by atoms with Crippen LogP contribution in [-0.2, 0) is 4.74 Å². The first-order valence-electron chi connectivity index (χ1n) is 6.39. The van der Waals surface area contributed by atoms with E-state index in [-0.39, 0.29) is 6.04 Å². The van der Waals surface area contributed by atoms with Crippen LogP contribution in [0.15, 0.2) is 18.2 Å². The molecule has 1 saturated carbocycles. The highest BCUT2D eigenvalue weighted by atomic mass is 16.5. The van der Waals surface area contributed by atoms with Gasteiger partial charge < -0.3 is 20.5 Å².